The summed E-state index contributed by atoms with van der Waals surface area (Å²) < 4.78 is 11.0. The highest BCUT2D eigenvalue weighted by atomic mass is 16.5. The molecule has 2 N–H and O–H groups in total. The van der Waals surface area contributed by atoms with Gasteiger partial charge in [0.2, 0.25) is 11.8 Å². The van der Waals surface area contributed by atoms with E-state index < -0.39 is 12.5 Å². The third kappa shape index (κ3) is 10.9. The number of nitrogens with one attached hydrogen (secondary N) is 2. The topological polar surface area (TPSA) is 117 Å². The van der Waals surface area contributed by atoms with Crippen LogP contribution in [0.3, 0.4) is 0 Å². The molecule has 0 aromatic carbocycles. The van der Waals surface area contributed by atoms with Crippen LogP contribution in [-0.2, 0) is 19.1 Å². The molecule has 0 aromatic rings. The summed E-state index contributed by atoms with van der Waals surface area (Å²) in [5.41, 5.74) is 0. The lowest BCUT2D eigenvalue weighted by molar-refractivity contribution is -0.131. The molecule has 10 heteroatoms. The molecule has 2 aliphatic heterocycles. The van der Waals surface area contributed by atoms with Crippen molar-refractivity contribution in [3.05, 3.63) is 25.3 Å². The first kappa shape index (κ1) is 31.5. The predicted molar refractivity (Wildman–Crippen MR) is 145 cm³/mol. The average molecular weight is 535 g/mol. The normalized spacial score (nSPS) is 19.2. The molecular weight excluding hydrogens is 488 g/mol. The minimum absolute atomic E-state index is 0.192. The molecule has 0 bridgehead atoms. The second-order valence-corrected chi connectivity index (χ2v) is 9.76. The minimum atomic E-state index is -0.491. The molecule has 0 radical (unpaired) electrons. The molecule has 0 spiro atoms. The number of hydrogen-bond donors (Lipinski definition) is 2. The fraction of sp³-hybridized carbons (Fsp3) is 0.714. The van der Waals surface area contributed by atoms with Gasteiger partial charge in [-0.3, -0.25) is 9.59 Å². The number of nitrogens with zero attached hydrogens (tertiary/aromatic N) is 2. The van der Waals surface area contributed by atoms with Crippen LogP contribution in [0.1, 0.15) is 89.9 Å². The Morgan fingerprint density at radius 3 is 1.37 bits per heavy atom. The molecule has 0 aromatic heterocycles. The summed E-state index contributed by atoms with van der Waals surface area (Å²) in [7, 11) is 0. The van der Waals surface area contributed by atoms with Gasteiger partial charge >= 0.3 is 12.1 Å². The molecular formula is C28H46N4O6. The van der Waals surface area contributed by atoms with Crippen LogP contribution in [0.15, 0.2) is 25.3 Å². The van der Waals surface area contributed by atoms with Gasteiger partial charge in [-0.25, -0.2) is 19.4 Å². The van der Waals surface area contributed by atoms with E-state index in [1.54, 1.807) is 12.2 Å². The van der Waals surface area contributed by atoms with Crippen molar-refractivity contribution in [2.45, 2.75) is 102 Å². The molecule has 2 heterocycles. The van der Waals surface area contributed by atoms with Crippen molar-refractivity contribution in [2.75, 3.05) is 26.3 Å². The highest BCUT2D eigenvalue weighted by Crippen LogP contribution is 2.21. The Morgan fingerprint density at radius 2 is 1.03 bits per heavy atom. The number of unbranched alkanes of at least 4 members (excludes halogenated alkanes) is 9. The number of imide groups is 2. The third-order valence-corrected chi connectivity index (χ3v) is 6.73. The molecule has 214 valence electrons. The van der Waals surface area contributed by atoms with Gasteiger partial charge < -0.3 is 20.1 Å². The van der Waals surface area contributed by atoms with Gasteiger partial charge in [0, 0.05) is 38.8 Å². The first-order chi connectivity index (χ1) is 18.5. The van der Waals surface area contributed by atoms with E-state index in [1.165, 1.54) is 35.5 Å². The van der Waals surface area contributed by atoms with Crippen molar-refractivity contribution in [3.8, 4) is 0 Å². The first-order valence-electron chi connectivity index (χ1n) is 14.1. The Labute approximate surface area is 227 Å². The maximum Gasteiger partial charge on any atom is 0.326 e. The molecule has 2 fully saturated rings. The summed E-state index contributed by atoms with van der Waals surface area (Å²) in [4.78, 5) is 51.0. The number of carbonyl (C=O) groups excluding carboxylic acids is 4. The summed E-state index contributed by atoms with van der Waals surface area (Å²) in [6, 6.07) is -0.736. The third-order valence-electron chi connectivity index (χ3n) is 6.73. The van der Waals surface area contributed by atoms with E-state index in [0.29, 0.717) is 52.0 Å². The van der Waals surface area contributed by atoms with Crippen LogP contribution in [0.2, 0.25) is 0 Å². The number of hydrogen-bond acceptors (Lipinski definition) is 6. The van der Waals surface area contributed by atoms with Gasteiger partial charge in [-0.1, -0.05) is 63.5 Å². The van der Waals surface area contributed by atoms with E-state index in [1.807, 2.05) is 0 Å². The van der Waals surface area contributed by atoms with Crippen molar-refractivity contribution >= 4 is 23.9 Å². The Bertz CT molecular complexity index is 725. The van der Waals surface area contributed by atoms with Gasteiger partial charge in [-0.15, -0.1) is 13.2 Å². The van der Waals surface area contributed by atoms with Crippen molar-refractivity contribution in [3.63, 3.8) is 0 Å². The second kappa shape index (κ2) is 18.5. The molecule has 2 saturated heterocycles. The van der Waals surface area contributed by atoms with E-state index >= 15 is 0 Å². The smallest absolute Gasteiger partial charge is 0.326 e. The van der Waals surface area contributed by atoms with Crippen LogP contribution in [0, 0.1) is 0 Å². The van der Waals surface area contributed by atoms with Crippen LogP contribution in [0.25, 0.3) is 0 Å². The number of amides is 6. The maximum atomic E-state index is 12.3. The number of ether oxygens (including phenoxy) is 2. The maximum absolute atomic E-state index is 12.3. The largest absolute Gasteiger partial charge is 0.354 e. The fourth-order valence-electron chi connectivity index (χ4n) is 4.70. The number of rotatable bonds is 19. The molecule has 0 aliphatic carbocycles. The highest BCUT2D eigenvalue weighted by molar-refractivity contribution is 5.96. The Kier molecular flexibility index (Phi) is 15.3. The van der Waals surface area contributed by atoms with E-state index in [0.717, 1.165) is 38.5 Å². The van der Waals surface area contributed by atoms with E-state index in [9.17, 15) is 19.2 Å². The standard InChI is InChI=1S/C28H46N4O6/c1-3-21-37-25-17-15-23(33)31(25)27(35)29-19-13-11-9-7-5-6-8-10-12-14-20-30-28(36)32-24(34)16-18-26(32)38-22-4-2/h3-4,25-26H,1-2,5-22H2,(H,29,35)(H,30,36). The van der Waals surface area contributed by atoms with E-state index in [2.05, 4.69) is 23.8 Å². The number of urea groups is 2. The van der Waals surface area contributed by atoms with Gasteiger partial charge in [-0.2, -0.15) is 0 Å². The monoisotopic (exact) mass is 534 g/mol. The Hall–Kier alpha value is -2.72. The van der Waals surface area contributed by atoms with Crippen LogP contribution in [0.4, 0.5) is 9.59 Å². The predicted octanol–water partition coefficient (Wildman–Crippen LogP) is 4.61. The summed E-state index contributed by atoms with van der Waals surface area (Å²) >= 11 is 0. The van der Waals surface area contributed by atoms with E-state index in [4.69, 9.17) is 9.47 Å². The average Bonchev–Trinajstić information content (AvgIpc) is 3.47. The van der Waals surface area contributed by atoms with Crippen molar-refractivity contribution in [1.29, 1.82) is 0 Å². The summed E-state index contributed by atoms with van der Waals surface area (Å²) in [6.07, 6.45) is 14.8. The first-order valence-corrected chi connectivity index (χ1v) is 14.1. The van der Waals surface area contributed by atoms with Gasteiger partial charge in [-0.05, 0) is 12.8 Å². The summed E-state index contributed by atoms with van der Waals surface area (Å²) in [6.45, 7) is 8.94. The van der Waals surface area contributed by atoms with Crippen LogP contribution < -0.4 is 10.6 Å². The van der Waals surface area contributed by atoms with Gasteiger partial charge in [0.1, 0.15) is 12.5 Å². The fourth-order valence-corrected chi connectivity index (χ4v) is 4.70. The zero-order valence-electron chi connectivity index (χ0n) is 22.8. The van der Waals surface area contributed by atoms with Crippen LogP contribution in [0.5, 0.6) is 0 Å². The molecule has 0 saturated carbocycles. The molecule has 2 unspecified atom stereocenters. The van der Waals surface area contributed by atoms with Crippen LogP contribution >= 0.6 is 0 Å². The molecule has 2 atom stereocenters. The zero-order chi connectivity index (χ0) is 27.6. The lowest BCUT2D eigenvalue weighted by Crippen LogP contribution is -2.46. The second-order valence-electron chi connectivity index (χ2n) is 9.76. The summed E-state index contributed by atoms with van der Waals surface area (Å²) in [5.74, 6) is -0.383. The van der Waals surface area contributed by atoms with E-state index in [-0.39, 0.29) is 23.9 Å². The molecule has 2 aliphatic rings. The van der Waals surface area contributed by atoms with Gasteiger partial charge in [0.15, 0.2) is 0 Å². The van der Waals surface area contributed by atoms with Crippen LogP contribution in [-0.4, -0.2) is 72.4 Å². The molecule has 6 amide bonds. The minimum Gasteiger partial charge on any atom is -0.354 e. The Balaban J connectivity index is 1.40. The van der Waals surface area contributed by atoms with Gasteiger partial charge in [0.25, 0.3) is 0 Å². The van der Waals surface area contributed by atoms with Crippen molar-refractivity contribution in [2.24, 2.45) is 0 Å². The van der Waals surface area contributed by atoms with Crippen molar-refractivity contribution in [1.82, 2.24) is 20.4 Å². The zero-order valence-corrected chi connectivity index (χ0v) is 22.8. The van der Waals surface area contributed by atoms with Gasteiger partial charge in [0.05, 0.1) is 13.2 Å². The highest BCUT2D eigenvalue weighted by Gasteiger charge is 2.37. The quantitative estimate of drug-likeness (QED) is 0.185. The van der Waals surface area contributed by atoms with Crippen molar-refractivity contribution < 1.29 is 28.7 Å². The summed E-state index contributed by atoms with van der Waals surface area (Å²) in [5, 5.41) is 5.67. The molecule has 38 heavy (non-hydrogen) atoms. The lowest BCUT2D eigenvalue weighted by atomic mass is 10.1. The molecule has 10 nitrogen and oxygen atoms in total. The SMILES string of the molecule is C=CCOC1CCC(=O)N1C(=O)NCCCCCCCCCCCCNC(=O)N1C(=O)CCC1OCC=C. The Morgan fingerprint density at radius 1 is 0.684 bits per heavy atom. The molecule has 2 rings (SSSR count). The lowest BCUT2D eigenvalue weighted by Gasteiger charge is -2.22. The number of likely N-dealkylation sites (tertiary alicyclic amines) is 2. The number of carbonyl (C=O) groups is 4.